The Labute approximate surface area is 140 Å². The summed E-state index contributed by atoms with van der Waals surface area (Å²) < 4.78 is 13.6. The summed E-state index contributed by atoms with van der Waals surface area (Å²) in [6, 6.07) is 7.91. The van der Waals surface area contributed by atoms with E-state index in [1.165, 1.54) is 0 Å². The molecule has 0 fully saturated rings. The standard InChI is InChI=1S/C20H19NO3/c1-20(2)8-7-14-18-16(9-12(11-22)19(14)24-20)15-10-13(23-4)5-6-17(15)21(18)3/h5-11H,1-4H3. The second kappa shape index (κ2) is 4.87. The largest absolute Gasteiger partial charge is 0.497 e. The quantitative estimate of drug-likeness (QED) is 0.659. The summed E-state index contributed by atoms with van der Waals surface area (Å²) in [6.07, 6.45) is 4.96. The molecule has 1 aromatic heterocycles. The lowest BCUT2D eigenvalue weighted by atomic mass is 9.97. The molecule has 0 saturated heterocycles. The minimum atomic E-state index is -0.424. The van der Waals surface area contributed by atoms with Gasteiger partial charge in [0.2, 0.25) is 0 Å². The molecule has 1 aliphatic heterocycles. The Hall–Kier alpha value is -2.75. The van der Waals surface area contributed by atoms with Crippen molar-refractivity contribution in [1.82, 2.24) is 4.57 Å². The van der Waals surface area contributed by atoms with Crippen molar-refractivity contribution in [1.29, 1.82) is 0 Å². The Morgan fingerprint density at radius 3 is 2.71 bits per heavy atom. The van der Waals surface area contributed by atoms with Gasteiger partial charge in [-0.2, -0.15) is 0 Å². The third kappa shape index (κ3) is 1.96. The topological polar surface area (TPSA) is 40.5 Å². The smallest absolute Gasteiger partial charge is 0.153 e. The highest BCUT2D eigenvalue weighted by Gasteiger charge is 2.27. The Balaban J connectivity index is 2.17. The molecule has 4 heteroatoms. The summed E-state index contributed by atoms with van der Waals surface area (Å²) in [5, 5.41) is 2.09. The van der Waals surface area contributed by atoms with Crippen LogP contribution in [0.4, 0.5) is 0 Å². The average Bonchev–Trinajstić information content (AvgIpc) is 2.85. The Morgan fingerprint density at radius 2 is 2.00 bits per heavy atom. The number of fused-ring (bicyclic) bond motifs is 5. The van der Waals surface area contributed by atoms with Crippen LogP contribution in [0.2, 0.25) is 0 Å². The van der Waals surface area contributed by atoms with Gasteiger partial charge in [0.15, 0.2) is 6.29 Å². The Morgan fingerprint density at radius 1 is 1.21 bits per heavy atom. The van der Waals surface area contributed by atoms with Gasteiger partial charge >= 0.3 is 0 Å². The van der Waals surface area contributed by atoms with Crippen LogP contribution in [0.15, 0.2) is 30.3 Å². The number of nitrogens with zero attached hydrogens (tertiary/aromatic N) is 1. The van der Waals surface area contributed by atoms with Crippen LogP contribution in [0.1, 0.15) is 29.8 Å². The molecule has 0 spiro atoms. The highest BCUT2D eigenvalue weighted by atomic mass is 16.5. The zero-order valence-corrected chi connectivity index (χ0v) is 14.2. The molecule has 24 heavy (non-hydrogen) atoms. The Bertz CT molecular complexity index is 1020. The molecule has 1 aliphatic rings. The van der Waals surface area contributed by atoms with E-state index >= 15 is 0 Å². The molecule has 4 rings (SSSR count). The van der Waals surface area contributed by atoms with Crippen molar-refractivity contribution in [2.24, 2.45) is 7.05 Å². The van der Waals surface area contributed by atoms with Crippen molar-refractivity contribution < 1.29 is 14.3 Å². The summed E-state index contributed by atoms with van der Waals surface area (Å²) in [6.45, 7) is 3.97. The molecule has 4 nitrogen and oxygen atoms in total. The number of rotatable bonds is 2. The van der Waals surface area contributed by atoms with E-state index in [0.29, 0.717) is 11.3 Å². The van der Waals surface area contributed by atoms with Crippen molar-refractivity contribution in [3.8, 4) is 11.5 Å². The van der Waals surface area contributed by atoms with Gasteiger partial charge in [-0.05, 0) is 50.3 Å². The van der Waals surface area contributed by atoms with E-state index in [0.717, 1.165) is 39.4 Å². The van der Waals surface area contributed by atoms with Gasteiger partial charge in [0.1, 0.15) is 17.1 Å². The SMILES string of the molecule is COc1ccc2c(c1)c1cc(C=O)c3c(c1n2C)C=CC(C)(C)O3. The van der Waals surface area contributed by atoms with Crippen molar-refractivity contribution >= 4 is 34.2 Å². The first-order chi connectivity index (χ1) is 11.4. The van der Waals surface area contributed by atoms with E-state index < -0.39 is 5.60 Å². The highest BCUT2D eigenvalue weighted by molar-refractivity contribution is 6.13. The lowest BCUT2D eigenvalue weighted by molar-refractivity contribution is 0.110. The number of benzene rings is 2. The monoisotopic (exact) mass is 321 g/mol. The summed E-state index contributed by atoms with van der Waals surface area (Å²) in [7, 11) is 3.69. The fourth-order valence-corrected chi connectivity index (χ4v) is 3.47. The van der Waals surface area contributed by atoms with Gasteiger partial charge < -0.3 is 14.0 Å². The fraction of sp³-hybridized carbons (Fsp3) is 0.250. The van der Waals surface area contributed by atoms with E-state index in [1.54, 1.807) is 7.11 Å². The number of carbonyl (C=O) groups is 1. The molecule has 0 bridgehead atoms. The fourth-order valence-electron chi connectivity index (χ4n) is 3.47. The van der Waals surface area contributed by atoms with Gasteiger partial charge in [0.05, 0.1) is 18.2 Å². The minimum Gasteiger partial charge on any atom is -0.497 e. The molecule has 2 heterocycles. The molecule has 2 aromatic carbocycles. The summed E-state index contributed by atoms with van der Waals surface area (Å²) >= 11 is 0. The van der Waals surface area contributed by atoms with E-state index in [2.05, 4.69) is 10.6 Å². The zero-order chi connectivity index (χ0) is 17.1. The van der Waals surface area contributed by atoms with Crippen molar-refractivity contribution in [3.05, 3.63) is 41.5 Å². The number of methoxy groups -OCH3 is 1. The van der Waals surface area contributed by atoms with Crippen LogP contribution in [-0.2, 0) is 7.05 Å². The van der Waals surface area contributed by atoms with Crippen molar-refractivity contribution in [2.75, 3.05) is 7.11 Å². The average molecular weight is 321 g/mol. The second-order valence-corrected chi connectivity index (χ2v) is 6.70. The predicted molar refractivity (Wildman–Crippen MR) is 96.1 cm³/mol. The van der Waals surface area contributed by atoms with Gasteiger partial charge in [0, 0.05) is 28.9 Å². The van der Waals surface area contributed by atoms with E-state index in [9.17, 15) is 4.79 Å². The van der Waals surface area contributed by atoms with Crippen LogP contribution >= 0.6 is 0 Å². The molecular weight excluding hydrogens is 302 g/mol. The molecule has 3 aromatic rings. The van der Waals surface area contributed by atoms with E-state index in [-0.39, 0.29) is 0 Å². The summed E-state index contributed by atoms with van der Waals surface area (Å²) in [4.78, 5) is 11.7. The lowest BCUT2D eigenvalue weighted by Crippen LogP contribution is -2.28. The molecular formula is C20H19NO3. The maximum Gasteiger partial charge on any atom is 0.153 e. The van der Waals surface area contributed by atoms with Gasteiger partial charge in [-0.3, -0.25) is 4.79 Å². The number of ether oxygens (including phenoxy) is 2. The highest BCUT2D eigenvalue weighted by Crippen LogP contribution is 2.42. The molecule has 0 amide bonds. The molecule has 0 saturated carbocycles. The van der Waals surface area contributed by atoms with Crippen LogP contribution in [0.5, 0.6) is 11.5 Å². The first kappa shape index (κ1) is 14.8. The van der Waals surface area contributed by atoms with Crippen molar-refractivity contribution in [3.63, 3.8) is 0 Å². The molecule has 0 atom stereocenters. The second-order valence-electron chi connectivity index (χ2n) is 6.70. The van der Waals surface area contributed by atoms with E-state index in [4.69, 9.17) is 9.47 Å². The van der Waals surface area contributed by atoms with E-state index in [1.807, 2.05) is 51.2 Å². The summed E-state index contributed by atoms with van der Waals surface area (Å²) in [5.41, 5.74) is 3.25. The number of carbonyl (C=O) groups excluding carboxylic acids is 1. The number of aldehydes is 1. The van der Waals surface area contributed by atoms with Gasteiger partial charge in [-0.25, -0.2) is 0 Å². The van der Waals surface area contributed by atoms with Crippen LogP contribution < -0.4 is 9.47 Å². The third-order valence-corrected chi connectivity index (χ3v) is 4.65. The van der Waals surface area contributed by atoms with Crippen LogP contribution in [-0.4, -0.2) is 23.6 Å². The Kier molecular flexibility index (Phi) is 3.01. The van der Waals surface area contributed by atoms with Crippen LogP contribution in [0, 0.1) is 0 Å². The third-order valence-electron chi connectivity index (χ3n) is 4.65. The molecule has 0 aliphatic carbocycles. The first-order valence-electron chi connectivity index (χ1n) is 7.92. The number of hydrogen-bond acceptors (Lipinski definition) is 3. The number of aryl methyl sites for hydroxylation is 1. The predicted octanol–water partition coefficient (Wildman–Crippen LogP) is 4.34. The lowest BCUT2D eigenvalue weighted by Gasteiger charge is -2.29. The molecule has 122 valence electrons. The van der Waals surface area contributed by atoms with Gasteiger partial charge in [0.25, 0.3) is 0 Å². The molecule has 0 radical (unpaired) electrons. The molecule has 0 N–H and O–H groups in total. The minimum absolute atomic E-state index is 0.424. The van der Waals surface area contributed by atoms with Crippen LogP contribution in [0.25, 0.3) is 27.9 Å². The van der Waals surface area contributed by atoms with Crippen LogP contribution in [0.3, 0.4) is 0 Å². The van der Waals surface area contributed by atoms with Gasteiger partial charge in [-0.1, -0.05) is 0 Å². The van der Waals surface area contributed by atoms with Crippen molar-refractivity contribution in [2.45, 2.75) is 19.4 Å². The van der Waals surface area contributed by atoms with Gasteiger partial charge in [-0.15, -0.1) is 0 Å². The zero-order valence-electron chi connectivity index (χ0n) is 14.2. The first-order valence-corrected chi connectivity index (χ1v) is 7.92. The number of aromatic nitrogens is 1. The molecule has 0 unspecified atom stereocenters. The maximum atomic E-state index is 11.7. The maximum absolute atomic E-state index is 11.7. The summed E-state index contributed by atoms with van der Waals surface area (Å²) in [5.74, 6) is 1.45. The number of hydrogen-bond donors (Lipinski definition) is 0. The normalized spacial score (nSPS) is 15.3.